The van der Waals surface area contributed by atoms with Crippen LogP contribution in [0.3, 0.4) is 0 Å². The highest BCUT2D eigenvalue weighted by Gasteiger charge is 2.16. The minimum absolute atomic E-state index is 0.0332. The summed E-state index contributed by atoms with van der Waals surface area (Å²) in [5, 5.41) is 10.7. The summed E-state index contributed by atoms with van der Waals surface area (Å²) in [6.07, 6.45) is 0. The third-order valence-electron chi connectivity index (χ3n) is 1.70. The van der Waals surface area contributed by atoms with E-state index in [0.717, 1.165) is 0 Å². The topological polar surface area (TPSA) is 68.9 Å². The summed E-state index contributed by atoms with van der Waals surface area (Å²) in [4.78, 5) is 14.2. The molecule has 2 rings (SSSR count). The first kappa shape index (κ1) is 8.76. The molecule has 70 valence electrons. The molecular weight excluding hydrogens is 202 g/mol. The van der Waals surface area contributed by atoms with Crippen molar-refractivity contribution in [1.82, 2.24) is 9.36 Å². The molecule has 1 aromatic carbocycles. The molecule has 0 spiro atoms. The quantitative estimate of drug-likeness (QED) is 0.558. The minimum Gasteiger partial charge on any atom is -0.258 e. The van der Waals surface area contributed by atoms with Gasteiger partial charge < -0.3 is 0 Å². The van der Waals surface area contributed by atoms with E-state index in [0.29, 0.717) is 11.4 Å². The molecule has 0 saturated carbocycles. The number of nitro benzene ring substituents is 1. The predicted octanol–water partition coefficient (Wildman–Crippen LogP) is 2.11. The first-order valence-electron chi connectivity index (χ1n) is 3.79. The number of nitrogens with zero attached hydrogens (tertiary/aromatic N) is 3. The van der Waals surface area contributed by atoms with Gasteiger partial charge in [-0.25, -0.2) is 4.98 Å². The summed E-state index contributed by atoms with van der Waals surface area (Å²) in [6.45, 7) is 0. The van der Waals surface area contributed by atoms with E-state index in [9.17, 15) is 10.1 Å². The Hall–Kier alpha value is -1.82. The summed E-state index contributed by atoms with van der Waals surface area (Å²) in [6, 6.07) is 6.42. The van der Waals surface area contributed by atoms with Gasteiger partial charge in [-0.3, -0.25) is 10.1 Å². The zero-order chi connectivity index (χ0) is 9.97. The molecule has 14 heavy (non-hydrogen) atoms. The van der Waals surface area contributed by atoms with Crippen LogP contribution in [0.5, 0.6) is 0 Å². The second-order valence-electron chi connectivity index (χ2n) is 2.53. The van der Waals surface area contributed by atoms with Gasteiger partial charge in [0.1, 0.15) is 5.51 Å². The van der Waals surface area contributed by atoms with Gasteiger partial charge >= 0.3 is 0 Å². The molecule has 6 heteroatoms. The lowest BCUT2D eigenvalue weighted by Gasteiger charge is -1.96. The van der Waals surface area contributed by atoms with E-state index in [1.54, 1.807) is 23.7 Å². The van der Waals surface area contributed by atoms with E-state index in [4.69, 9.17) is 0 Å². The Morgan fingerprint density at radius 3 is 2.79 bits per heavy atom. The average molecular weight is 207 g/mol. The van der Waals surface area contributed by atoms with Gasteiger partial charge in [0.15, 0.2) is 5.82 Å². The molecule has 5 nitrogen and oxygen atoms in total. The van der Waals surface area contributed by atoms with Crippen LogP contribution in [0.15, 0.2) is 29.8 Å². The predicted molar refractivity (Wildman–Crippen MR) is 52.0 cm³/mol. The molecule has 1 aromatic heterocycles. The van der Waals surface area contributed by atoms with Crippen LogP contribution in [0.2, 0.25) is 0 Å². The van der Waals surface area contributed by atoms with Gasteiger partial charge in [0.2, 0.25) is 0 Å². The van der Waals surface area contributed by atoms with Crippen LogP contribution in [-0.2, 0) is 0 Å². The largest absolute Gasteiger partial charge is 0.280 e. The third kappa shape index (κ3) is 1.47. The monoisotopic (exact) mass is 207 g/mol. The van der Waals surface area contributed by atoms with Crippen LogP contribution in [0, 0.1) is 10.1 Å². The van der Waals surface area contributed by atoms with Crippen molar-refractivity contribution < 1.29 is 4.92 Å². The molecule has 0 radical (unpaired) electrons. The molecule has 0 bridgehead atoms. The van der Waals surface area contributed by atoms with Crippen molar-refractivity contribution in [2.45, 2.75) is 0 Å². The molecule has 0 N–H and O–H groups in total. The number of para-hydroxylation sites is 1. The molecular formula is C8H5N3O2S. The fraction of sp³-hybridized carbons (Fsp3) is 0. The fourth-order valence-electron chi connectivity index (χ4n) is 1.11. The second-order valence-corrected chi connectivity index (χ2v) is 3.13. The lowest BCUT2D eigenvalue weighted by molar-refractivity contribution is -0.384. The van der Waals surface area contributed by atoms with Crippen LogP contribution in [-0.4, -0.2) is 14.3 Å². The van der Waals surface area contributed by atoms with Crippen molar-refractivity contribution in [3.63, 3.8) is 0 Å². The Bertz CT molecular complexity index is 455. The van der Waals surface area contributed by atoms with Gasteiger partial charge in [-0.15, -0.1) is 0 Å². The Balaban J connectivity index is 2.58. The molecule has 1 heterocycles. The maximum atomic E-state index is 10.7. The van der Waals surface area contributed by atoms with Gasteiger partial charge in [-0.1, -0.05) is 12.1 Å². The van der Waals surface area contributed by atoms with Gasteiger partial charge in [-0.2, -0.15) is 4.37 Å². The van der Waals surface area contributed by atoms with Crippen molar-refractivity contribution in [3.8, 4) is 11.4 Å². The number of hydrogen-bond donors (Lipinski definition) is 0. The summed E-state index contributed by atoms with van der Waals surface area (Å²) >= 11 is 1.17. The number of benzene rings is 1. The molecule has 0 amide bonds. The molecule has 0 fully saturated rings. The average Bonchev–Trinajstić information content (AvgIpc) is 2.70. The van der Waals surface area contributed by atoms with Crippen molar-refractivity contribution in [2.24, 2.45) is 0 Å². The van der Waals surface area contributed by atoms with Crippen LogP contribution in [0.25, 0.3) is 11.4 Å². The molecule has 0 aliphatic heterocycles. The highest BCUT2D eigenvalue weighted by Crippen LogP contribution is 2.26. The lowest BCUT2D eigenvalue weighted by Crippen LogP contribution is -1.92. The fourth-order valence-corrected chi connectivity index (χ4v) is 1.55. The lowest BCUT2D eigenvalue weighted by atomic mass is 10.2. The Kier molecular flexibility index (Phi) is 2.19. The van der Waals surface area contributed by atoms with Crippen molar-refractivity contribution >= 4 is 17.2 Å². The summed E-state index contributed by atoms with van der Waals surface area (Å²) in [7, 11) is 0. The normalized spacial score (nSPS) is 10.0. The van der Waals surface area contributed by atoms with Gasteiger partial charge in [0, 0.05) is 6.07 Å². The van der Waals surface area contributed by atoms with Crippen molar-refractivity contribution in [3.05, 3.63) is 39.9 Å². The highest BCUT2D eigenvalue weighted by molar-refractivity contribution is 7.03. The minimum atomic E-state index is -0.434. The summed E-state index contributed by atoms with van der Waals surface area (Å²) in [5.74, 6) is 0.405. The highest BCUT2D eigenvalue weighted by atomic mass is 32.1. The first-order valence-corrected chi connectivity index (χ1v) is 4.63. The molecule has 0 atom stereocenters. The van der Waals surface area contributed by atoms with Gasteiger partial charge in [0.05, 0.1) is 10.5 Å². The van der Waals surface area contributed by atoms with E-state index in [1.807, 2.05) is 0 Å². The Morgan fingerprint density at radius 1 is 1.36 bits per heavy atom. The van der Waals surface area contributed by atoms with E-state index in [2.05, 4.69) is 9.36 Å². The maximum Gasteiger partial charge on any atom is 0.280 e. The molecule has 0 saturated heterocycles. The Labute approximate surface area is 83.4 Å². The van der Waals surface area contributed by atoms with Crippen LogP contribution >= 0.6 is 11.5 Å². The Morgan fingerprint density at radius 2 is 2.14 bits per heavy atom. The van der Waals surface area contributed by atoms with E-state index >= 15 is 0 Å². The summed E-state index contributed by atoms with van der Waals surface area (Å²) in [5.41, 5.74) is 2.04. The van der Waals surface area contributed by atoms with Crippen LogP contribution < -0.4 is 0 Å². The van der Waals surface area contributed by atoms with E-state index < -0.39 is 4.92 Å². The first-order chi connectivity index (χ1) is 6.79. The number of rotatable bonds is 2. The standard InChI is InChI=1S/C8H5N3O2S/c12-11(13)7-4-2-1-3-6(7)8-9-5-14-10-8/h1-5H. The zero-order valence-electron chi connectivity index (χ0n) is 6.95. The summed E-state index contributed by atoms with van der Waals surface area (Å²) < 4.78 is 3.96. The number of aromatic nitrogens is 2. The maximum absolute atomic E-state index is 10.7. The van der Waals surface area contributed by atoms with Crippen molar-refractivity contribution in [2.75, 3.05) is 0 Å². The molecule has 0 aliphatic carbocycles. The zero-order valence-corrected chi connectivity index (χ0v) is 7.77. The van der Waals surface area contributed by atoms with Crippen LogP contribution in [0.4, 0.5) is 5.69 Å². The van der Waals surface area contributed by atoms with Gasteiger partial charge in [-0.05, 0) is 17.6 Å². The third-order valence-corrected chi connectivity index (χ3v) is 2.18. The van der Waals surface area contributed by atoms with E-state index in [-0.39, 0.29) is 5.69 Å². The molecule has 0 aliphatic rings. The van der Waals surface area contributed by atoms with Crippen LogP contribution in [0.1, 0.15) is 0 Å². The van der Waals surface area contributed by atoms with Crippen molar-refractivity contribution in [1.29, 1.82) is 0 Å². The number of hydrogen-bond acceptors (Lipinski definition) is 5. The van der Waals surface area contributed by atoms with Gasteiger partial charge in [0.25, 0.3) is 5.69 Å². The smallest absolute Gasteiger partial charge is 0.258 e. The molecule has 2 aromatic rings. The molecule has 0 unspecified atom stereocenters. The van der Waals surface area contributed by atoms with E-state index in [1.165, 1.54) is 17.6 Å². The number of nitro groups is 1. The second kappa shape index (κ2) is 3.51. The SMILES string of the molecule is O=[N+]([O-])c1ccccc1-c1ncsn1.